The van der Waals surface area contributed by atoms with Crippen LogP contribution >= 0.6 is 0 Å². The standard InChI is InChI=1S/CO2.5CH4/c2-1-3;;;;;/h;5*1H4/i1+1;;;;;. The van der Waals surface area contributed by atoms with Crippen molar-refractivity contribution in [2.75, 3.05) is 0 Å². The lowest BCUT2D eigenvalue weighted by Gasteiger charge is -0.945. The molecule has 0 aliphatic rings. The smallest absolute Gasteiger partial charge is 0.186 e. The molecule has 0 bridgehead atoms. The summed E-state index contributed by atoms with van der Waals surface area (Å²) in [6, 6.07) is 0. The molecule has 0 aromatic rings. The molecule has 0 amide bonds. The molecule has 0 atom stereocenters. The van der Waals surface area contributed by atoms with Gasteiger partial charge in [-0.3, -0.25) is 0 Å². The molecule has 0 N–H and O–H groups in total. The van der Waals surface area contributed by atoms with Crippen molar-refractivity contribution in [3.63, 3.8) is 0 Å². The van der Waals surface area contributed by atoms with Gasteiger partial charge in [0.15, 0.2) is 0 Å². The second kappa shape index (κ2) is 1280. The van der Waals surface area contributed by atoms with E-state index in [4.69, 9.17) is 9.59 Å². The molecule has 0 aromatic heterocycles. The molecule has 8 heavy (non-hydrogen) atoms. The fourth-order valence-corrected chi connectivity index (χ4v) is 0. The van der Waals surface area contributed by atoms with Crippen molar-refractivity contribution in [1.29, 1.82) is 0 Å². The summed E-state index contributed by atoms with van der Waals surface area (Å²) in [7, 11) is 0. The Kier molecular flexibility index (Phi) is 25200. The van der Waals surface area contributed by atoms with Gasteiger partial charge in [0, 0.05) is 0 Å². The van der Waals surface area contributed by atoms with E-state index in [0.29, 0.717) is 0 Å². The average molecular weight is 125 g/mol. The Balaban J connectivity index is -0.00000000200. The summed E-state index contributed by atoms with van der Waals surface area (Å²) in [5.41, 5.74) is 0. The highest BCUT2D eigenvalue weighted by atomic mass is 16.3. The van der Waals surface area contributed by atoms with Crippen molar-refractivity contribution < 1.29 is 9.59 Å². The normalized spacial score (nSPS) is 1.00. The Morgan fingerprint density at radius 3 is 0.625 bits per heavy atom. The zero-order valence-electron chi connectivity index (χ0n) is 1.32. The van der Waals surface area contributed by atoms with Crippen LogP contribution in [0.25, 0.3) is 0 Å². The first kappa shape index (κ1) is 158. The molecular weight excluding hydrogens is 105 g/mol. The summed E-state index contributed by atoms with van der Waals surface area (Å²) in [5.74, 6) is 0. The number of hydrogen-bond donors (Lipinski definition) is 0. The molecule has 0 unspecified atom stereocenters. The van der Waals surface area contributed by atoms with Crippen LogP contribution in [0.5, 0.6) is 0 Å². The van der Waals surface area contributed by atoms with Crippen LogP contribution < -0.4 is 0 Å². The van der Waals surface area contributed by atoms with Crippen LogP contribution in [0.15, 0.2) is 0 Å². The maximum absolute atomic E-state index is 8.12. The van der Waals surface area contributed by atoms with E-state index < -0.39 is 0 Å². The van der Waals surface area contributed by atoms with Gasteiger partial charge in [-0.1, -0.05) is 37.1 Å². The van der Waals surface area contributed by atoms with Crippen molar-refractivity contribution in [3.8, 4) is 0 Å². The van der Waals surface area contributed by atoms with Gasteiger partial charge in [-0.2, -0.15) is 9.59 Å². The lowest BCUT2D eigenvalue weighted by molar-refractivity contribution is -0.191. The Morgan fingerprint density at radius 2 is 0.625 bits per heavy atom. The predicted molar refractivity (Wildman–Crippen MR) is 38.7 cm³/mol. The van der Waals surface area contributed by atoms with E-state index in [1.165, 1.54) is 0 Å². The highest BCUT2D eigenvalue weighted by Gasteiger charge is 1.13. The monoisotopic (exact) mass is 125 g/mol. The summed E-state index contributed by atoms with van der Waals surface area (Å²) >= 11 is 0. The van der Waals surface area contributed by atoms with Crippen LogP contribution in [-0.2, 0) is 9.59 Å². The minimum atomic E-state index is 0. The summed E-state index contributed by atoms with van der Waals surface area (Å²) in [6.07, 6.45) is 0.250. The van der Waals surface area contributed by atoms with Crippen LogP contribution in [0.1, 0.15) is 37.1 Å². The van der Waals surface area contributed by atoms with Crippen LogP contribution in [0, 0.1) is 0 Å². The van der Waals surface area contributed by atoms with Gasteiger partial charge < -0.3 is 0 Å². The van der Waals surface area contributed by atoms with E-state index in [9.17, 15) is 0 Å². The molecule has 2 nitrogen and oxygen atoms in total. The fraction of sp³-hybridized carbons (Fsp3) is 0.833. The molecule has 0 aliphatic carbocycles. The molecule has 0 aromatic carbocycles. The van der Waals surface area contributed by atoms with Gasteiger partial charge in [0.2, 0.25) is 0 Å². The van der Waals surface area contributed by atoms with Gasteiger partial charge in [-0.15, -0.1) is 0 Å². The molecule has 0 spiro atoms. The summed E-state index contributed by atoms with van der Waals surface area (Å²) in [5, 5.41) is 0. The van der Waals surface area contributed by atoms with Crippen molar-refractivity contribution in [2.45, 2.75) is 37.1 Å². The summed E-state index contributed by atoms with van der Waals surface area (Å²) < 4.78 is 0. The third-order valence-electron chi connectivity index (χ3n) is 0. The zero-order chi connectivity index (χ0) is 2.71. The molecule has 0 rings (SSSR count). The topological polar surface area (TPSA) is 34.1 Å². The minimum Gasteiger partial charge on any atom is -0.186 e. The Morgan fingerprint density at radius 1 is 0.625 bits per heavy atom. The Bertz CT molecular complexity index is 27.5. The van der Waals surface area contributed by atoms with E-state index in [1.807, 2.05) is 0 Å². The lowest BCUT2D eigenvalue weighted by Crippen LogP contribution is -1.22. The summed E-state index contributed by atoms with van der Waals surface area (Å²) in [4.78, 5) is 16.2. The SMILES string of the molecule is C.C.C.C.C.O=[13C]=O. The van der Waals surface area contributed by atoms with E-state index in [2.05, 4.69) is 0 Å². The molecule has 56 valence electrons. The van der Waals surface area contributed by atoms with Crippen LogP contribution in [0.2, 0.25) is 0 Å². The quantitative estimate of drug-likeness (QED) is 0.466. The van der Waals surface area contributed by atoms with Crippen LogP contribution in [-0.4, -0.2) is 6.15 Å². The van der Waals surface area contributed by atoms with Crippen molar-refractivity contribution >= 4 is 6.15 Å². The lowest BCUT2D eigenvalue weighted by atomic mass is 12.0. The highest BCUT2D eigenvalue weighted by Crippen LogP contribution is 0.787. The van der Waals surface area contributed by atoms with E-state index in [-0.39, 0.29) is 43.3 Å². The number of carbonyl (C=O) groups excluding carboxylic acids is 2. The molecule has 0 radical (unpaired) electrons. The van der Waals surface area contributed by atoms with Gasteiger partial charge in [0.05, 0.1) is 0 Å². The average Bonchev–Trinajstić information content (AvgIpc) is 0.918. The maximum atomic E-state index is 8.12. The largest absolute Gasteiger partial charge is 0.373 e. The first-order valence-corrected chi connectivity index (χ1v) is 0.408. The van der Waals surface area contributed by atoms with Crippen molar-refractivity contribution in [3.05, 3.63) is 0 Å². The third-order valence-corrected chi connectivity index (χ3v) is 0. The second-order valence-corrected chi connectivity index (χ2v) is 0.0833. The molecule has 0 heterocycles. The molecular formula is C6H20O2. The predicted octanol–water partition coefficient (Wildman–Crippen LogP) is 2.60. The van der Waals surface area contributed by atoms with Gasteiger partial charge in [0.25, 0.3) is 0 Å². The summed E-state index contributed by atoms with van der Waals surface area (Å²) in [6.45, 7) is 0. The zero-order valence-corrected chi connectivity index (χ0v) is 1.32. The molecule has 0 fully saturated rings. The van der Waals surface area contributed by atoms with E-state index in [0.717, 1.165) is 0 Å². The second-order valence-electron chi connectivity index (χ2n) is 0.0833. The third kappa shape index (κ3) is 269. The minimum absolute atomic E-state index is 0. The van der Waals surface area contributed by atoms with Crippen molar-refractivity contribution in [2.24, 2.45) is 0 Å². The highest BCUT2D eigenvalue weighted by molar-refractivity contribution is 5.20. The fourth-order valence-electron chi connectivity index (χ4n) is 0. The van der Waals surface area contributed by atoms with Gasteiger partial charge >= 0.3 is 6.15 Å². The molecule has 0 saturated carbocycles. The number of hydrogen-bond acceptors (Lipinski definition) is 2. The first-order valence-electron chi connectivity index (χ1n) is 0.408. The van der Waals surface area contributed by atoms with Crippen molar-refractivity contribution in [1.82, 2.24) is 0 Å². The van der Waals surface area contributed by atoms with E-state index >= 15 is 0 Å². The molecule has 0 saturated heterocycles. The van der Waals surface area contributed by atoms with Crippen LogP contribution in [0.3, 0.4) is 0 Å². The Hall–Kier alpha value is -0.620. The van der Waals surface area contributed by atoms with Crippen LogP contribution in [0.4, 0.5) is 0 Å². The first-order chi connectivity index (χ1) is 1.41. The molecule has 0 aliphatic heterocycles. The van der Waals surface area contributed by atoms with E-state index in [1.54, 1.807) is 0 Å². The van der Waals surface area contributed by atoms with Gasteiger partial charge in [0.1, 0.15) is 0 Å². The van der Waals surface area contributed by atoms with Gasteiger partial charge in [-0.05, 0) is 0 Å². The number of rotatable bonds is 0. The Labute approximate surface area is 53.9 Å². The van der Waals surface area contributed by atoms with Gasteiger partial charge in [-0.25, -0.2) is 0 Å². The molecule has 2 heteroatoms. The maximum Gasteiger partial charge on any atom is 0.373 e.